The molecule has 0 aliphatic heterocycles. The van der Waals surface area contributed by atoms with Crippen LogP contribution in [0.15, 0.2) is 80.6 Å². The minimum absolute atomic E-state index is 0. The van der Waals surface area contributed by atoms with Crippen molar-refractivity contribution in [1.29, 1.82) is 0 Å². The molecule has 0 radical (unpaired) electrons. The van der Waals surface area contributed by atoms with E-state index in [9.17, 15) is 10.2 Å². The molecule has 2 aromatic rings. The van der Waals surface area contributed by atoms with Crippen LogP contribution < -0.4 is 54.0 Å². The molecule has 0 bridgehead atoms. The Morgan fingerprint density at radius 2 is 0.914 bits per heavy atom. The third kappa shape index (κ3) is 10.3. The van der Waals surface area contributed by atoms with Crippen molar-refractivity contribution >= 4 is 0 Å². The Labute approximate surface area is 228 Å². The Morgan fingerprint density at radius 1 is 0.600 bits per heavy atom. The van der Waals surface area contributed by atoms with E-state index in [0.717, 1.165) is 0 Å². The van der Waals surface area contributed by atoms with E-state index in [1.165, 1.54) is 41.3 Å². The SMILES string of the molecule is C1=CC[C]([Ti+4][C]2=CC=CC2)=C1.COc1cccc(OC)c1[O-].COc1cccc(OC)c1[O-].[Cl-].[Cl-]. The molecule has 0 spiro atoms. The van der Waals surface area contributed by atoms with Crippen LogP contribution in [-0.2, 0) is 19.2 Å². The van der Waals surface area contributed by atoms with E-state index in [1.807, 2.05) is 0 Å². The van der Waals surface area contributed by atoms with Crippen LogP contribution in [-0.4, -0.2) is 28.4 Å². The summed E-state index contributed by atoms with van der Waals surface area (Å²) in [5.74, 6) is 0.817. The molecule has 0 amide bonds. The number of methoxy groups -OCH3 is 4. The maximum Gasteiger partial charge on any atom is 0.114 e. The zero-order valence-corrected chi connectivity index (χ0v) is 23.1. The third-order valence-electron chi connectivity index (χ3n) is 4.63. The first-order chi connectivity index (χ1) is 16.0. The van der Waals surface area contributed by atoms with E-state index in [2.05, 4.69) is 36.5 Å². The minimum atomic E-state index is -0.211. The van der Waals surface area contributed by atoms with Crippen molar-refractivity contribution in [3.05, 3.63) is 80.6 Å². The Bertz CT molecular complexity index is 908. The van der Waals surface area contributed by atoms with Crippen molar-refractivity contribution in [1.82, 2.24) is 0 Å². The molecule has 0 fully saturated rings. The van der Waals surface area contributed by atoms with Gasteiger partial charge in [-0.3, -0.25) is 0 Å². The molecule has 0 atom stereocenters. The summed E-state index contributed by atoms with van der Waals surface area (Å²) in [4.78, 5) is 0. The van der Waals surface area contributed by atoms with Crippen LogP contribution >= 0.6 is 0 Å². The van der Waals surface area contributed by atoms with Gasteiger partial charge in [0.05, 0.1) is 28.4 Å². The van der Waals surface area contributed by atoms with E-state index >= 15 is 0 Å². The molecule has 0 saturated carbocycles. The molecule has 0 N–H and O–H groups in total. The average molecular weight is 555 g/mol. The molecule has 6 nitrogen and oxygen atoms in total. The van der Waals surface area contributed by atoms with Gasteiger partial charge in [-0.2, -0.15) is 0 Å². The van der Waals surface area contributed by atoms with Gasteiger partial charge < -0.3 is 54.0 Å². The number of allylic oxidation sites excluding steroid dienone is 8. The number of hydrogen-bond donors (Lipinski definition) is 0. The zero-order valence-electron chi connectivity index (χ0n) is 20.0. The summed E-state index contributed by atoms with van der Waals surface area (Å²) >= 11 is 0.0833. The van der Waals surface area contributed by atoms with Gasteiger partial charge in [-0.05, 0) is 35.8 Å². The topological polar surface area (TPSA) is 83.0 Å². The fourth-order valence-electron chi connectivity index (χ4n) is 2.92. The molecule has 2 aromatic carbocycles. The van der Waals surface area contributed by atoms with Crippen molar-refractivity contribution in [2.24, 2.45) is 0 Å². The molecule has 35 heavy (non-hydrogen) atoms. The van der Waals surface area contributed by atoms with Gasteiger partial charge in [-0.25, -0.2) is 0 Å². The molecule has 2 aliphatic rings. The number of hydrogen-bond acceptors (Lipinski definition) is 6. The van der Waals surface area contributed by atoms with E-state index in [-0.39, 0.29) is 55.5 Å². The zero-order chi connectivity index (χ0) is 24.1. The summed E-state index contributed by atoms with van der Waals surface area (Å²) in [5, 5.41) is 22.4. The number of para-hydroxylation sites is 2. The van der Waals surface area contributed by atoms with Crippen LogP contribution in [0.2, 0.25) is 0 Å². The van der Waals surface area contributed by atoms with Crippen molar-refractivity contribution in [2.75, 3.05) is 28.4 Å². The van der Waals surface area contributed by atoms with Crippen LogP contribution in [0.5, 0.6) is 34.5 Å². The number of ether oxygens (including phenoxy) is 4. The van der Waals surface area contributed by atoms with E-state index in [4.69, 9.17) is 18.9 Å². The van der Waals surface area contributed by atoms with Crippen LogP contribution in [0.1, 0.15) is 12.8 Å². The molecule has 0 aromatic heterocycles. The van der Waals surface area contributed by atoms with Gasteiger partial charge in [-0.15, -0.1) is 0 Å². The molecular weight excluding hydrogens is 527 g/mol. The second kappa shape index (κ2) is 17.9. The predicted octanol–water partition coefficient (Wildman–Crippen LogP) is -1.68. The maximum atomic E-state index is 11.2. The second-order valence-corrected chi connectivity index (χ2v) is 9.15. The molecule has 9 heteroatoms. The van der Waals surface area contributed by atoms with Crippen molar-refractivity contribution in [2.45, 2.75) is 12.8 Å². The van der Waals surface area contributed by atoms with Gasteiger partial charge in [0.2, 0.25) is 0 Å². The summed E-state index contributed by atoms with van der Waals surface area (Å²) < 4.78 is 22.5. The van der Waals surface area contributed by atoms with Gasteiger partial charge in [0.1, 0.15) is 23.0 Å². The molecule has 186 valence electrons. The van der Waals surface area contributed by atoms with Crippen molar-refractivity contribution in [3.63, 3.8) is 0 Å². The Morgan fingerprint density at radius 3 is 1.14 bits per heavy atom. The molecule has 0 saturated heterocycles. The van der Waals surface area contributed by atoms with E-state index < -0.39 is 0 Å². The molecule has 4 rings (SSSR count). The largest absolute Gasteiger partial charge is 1.00 e. The minimum Gasteiger partial charge on any atom is -1.00 e. The average Bonchev–Trinajstić information content (AvgIpc) is 3.55. The predicted molar refractivity (Wildman–Crippen MR) is 122 cm³/mol. The standard InChI is InChI=1S/2C8H10O3.2C5H5.2ClH.Ti/c2*1-10-6-4-3-5-7(11-2)8(6)9;2*1-2-4-5-3-1;;;/h2*3-5,9H,1-2H3;2*1-3H,4H2;2*1H;/q;;;;;;+4/p-4. The van der Waals surface area contributed by atoms with Crippen LogP contribution in [0.4, 0.5) is 0 Å². The Kier molecular flexibility index (Phi) is 16.6. The first-order valence-electron chi connectivity index (χ1n) is 10.3. The van der Waals surface area contributed by atoms with Crippen LogP contribution in [0, 0.1) is 0 Å². The van der Waals surface area contributed by atoms with Crippen molar-refractivity contribution in [3.8, 4) is 34.5 Å². The summed E-state index contributed by atoms with van der Waals surface area (Å²) in [5.41, 5.74) is 0. The second-order valence-electron chi connectivity index (χ2n) is 6.76. The summed E-state index contributed by atoms with van der Waals surface area (Å²) in [6.07, 6.45) is 15.9. The Hall–Kier alpha value is -2.51. The first-order valence-corrected chi connectivity index (χ1v) is 11.8. The fourth-order valence-corrected chi connectivity index (χ4v) is 4.81. The fraction of sp³-hybridized carbons (Fsp3) is 0.231. The normalized spacial score (nSPS) is 12.5. The Balaban J connectivity index is 0.000000482. The van der Waals surface area contributed by atoms with Gasteiger partial charge >= 0.3 is 76.2 Å². The monoisotopic (exact) mass is 554 g/mol. The van der Waals surface area contributed by atoms with Gasteiger partial charge in [0.15, 0.2) is 0 Å². The quantitative estimate of drug-likeness (QED) is 0.397. The third-order valence-corrected chi connectivity index (χ3v) is 6.79. The number of rotatable bonds is 6. The number of benzene rings is 2. The molecule has 0 unspecified atom stereocenters. The summed E-state index contributed by atoms with van der Waals surface area (Å²) in [6.45, 7) is 0. The van der Waals surface area contributed by atoms with Crippen LogP contribution in [0.25, 0.3) is 0 Å². The van der Waals surface area contributed by atoms with E-state index in [1.54, 1.807) is 44.2 Å². The van der Waals surface area contributed by atoms with Gasteiger partial charge in [0.25, 0.3) is 0 Å². The first kappa shape index (κ1) is 32.5. The van der Waals surface area contributed by atoms with Crippen LogP contribution in [0.3, 0.4) is 0 Å². The summed E-state index contributed by atoms with van der Waals surface area (Å²) in [6, 6.07) is 9.82. The molecule has 0 heterocycles. The van der Waals surface area contributed by atoms with Crippen molar-refractivity contribution < 1.29 is 73.1 Å². The number of halogens is 2. The summed E-state index contributed by atoms with van der Waals surface area (Å²) in [7, 11) is 5.82. The molecular formula is C26H28Cl2O6Ti. The smallest absolute Gasteiger partial charge is 0.114 e. The molecule has 2 aliphatic carbocycles. The van der Waals surface area contributed by atoms with E-state index in [0.29, 0.717) is 23.0 Å². The van der Waals surface area contributed by atoms with Gasteiger partial charge in [-0.1, -0.05) is 12.1 Å². The van der Waals surface area contributed by atoms with Gasteiger partial charge in [0, 0.05) is 0 Å². The maximum absolute atomic E-state index is 11.2.